The van der Waals surface area contributed by atoms with Crippen molar-refractivity contribution in [1.29, 1.82) is 0 Å². The summed E-state index contributed by atoms with van der Waals surface area (Å²) in [6.45, 7) is 0. The standard InChI is InChI=1S/C6H12O4S2/c7-3-1-4-11-5-2-6-12(8,9)10/h3H,1-2,4-6H2,(H,8,9,10). The van der Waals surface area contributed by atoms with Gasteiger partial charge in [-0.2, -0.15) is 20.2 Å². The lowest BCUT2D eigenvalue weighted by molar-refractivity contribution is -0.107. The van der Waals surface area contributed by atoms with Crippen molar-refractivity contribution in [2.75, 3.05) is 17.3 Å². The van der Waals surface area contributed by atoms with Crippen LogP contribution < -0.4 is 0 Å². The Hall–Kier alpha value is -0.0700. The molecule has 4 nitrogen and oxygen atoms in total. The first kappa shape index (κ1) is 11.9. The molecule has 0 rings (SSSR count). The fourth-order valence-corrected chi connectivity index (χ4v) is 2.08. The van der Waals surface area contributed by atoms with Crippen molar-refractivity contribution < 1.29 is 17.8 Å². The molecule has 0 atom stereocenters. The minimum absolute atomic E-state index is 0.193. The maximum absolute atomic E-state index is 10.2. The van der Waals surface area contributed by atoms with Crippen LogP contribution in [-0.2, 0) is 14.9 Å². The van der Waals surface area contributed by atoms with E-state index in [1.54, 1.807) is 0 Å². The zero-order valence-electron chi connectivity index (χ0n) is 6.60. The molecule has 0 heterocycles. The average molecular weight is 212 g/mol. The molecule has 0 saturated heterocycles. The van der Waals surface area contributed by atoms with Gasteiger partial charge >= 0.3 is 0 Å². The zero-order chi connectivity index (χ0) is 9.45. The van der Waals surface area contributed by atoms with Gasteiger partial charge in [-0.05, 0) is 17.9 Å². The molecule has 0 unspecified atom stereocenters. The lowest BCUT2D eigenvalue weighted by Crippen LogP contribution is -2.04. The molecule has 12 heavy (non-hydrogen) atoms. The van der Waals surface area contributed by atoms with Crippen LogP contribution in [0.5, 0.6) is 0 Å². The molecule has 0 aromatic carbocycles. The van der Waals surface area contributed by atoms with Crippen molar-refractivity contribution in [2.24, 2.45) is 0 Å². The molecular weight excluding hydrogens is 200 g/mol. The van der Waals surface area contributed by atoms with Crippen LogP contribution in [-0.4, -0.2) is 36.5 Å². The van der Waals surface area contributed by atoms with Gasteiger partial charge < -0.3 is 4.79 Å². The van der Waals surface area contributed by atoms with Gasteiger partial charge in [0.05, 0.1) is 5.75 Å². The van der Waals surface area contributed by atoms with Gasteiger partial charge in [0.2, 0.25) is 0 Å². The zero-order valence-corrected chi connectivity index (χ0v) is 8.23. The van der Waals surface area contributed by atoms with Crippen LogP contribution in [0.2, 0.25) is 0 Å². The molecule has 0 saturated carbocycles. The Morgan fingerprint density at radius 2 is 2.00 bits per heavy atom. The highest BCUT2D eigenvalue weighted by Crippen LogP contribution is 2.04. The number of rotatable bonds is 7. The molecule has 0 radical (unpaired) electrons. The molecule has 0 aromatic rings. The van der Waals surface area contributed by atoms with Crippen LogP contribution in [0.25, 0.3) is 0 Å². The summed E-state index contributed by atoms with van der Waals surface area (Å²) in [6.07, 6.45) is 1.76. The Labute approximate surface area is 76.5 Å². The highest BCUT2D eigenvalue weighted by molar-refractivity contribution is 7.99. The van der Waals surface area contributed by atoms with Gasteiger partial charge in [-0.1, -0.05) is 0 Å². The van der Waals surface area contributed by atoms with Crippen LogP contribution >= 0.6 is 11.8 Å². The Morgan fingerprint density at radius 1 is 1.33 bits per heavy atom. The predicted octanol–water partition coefficient (Wildman–Crippen LogP) is 0.587. The fraction of sp³-hybridized carbons (Fsp3) is 0.833. The summed E-state index contributed by atoms with van der Waals surface area (Å²) in [6, 6.07) is 0. The van der Waals surface area contributed by atoms with Crippen molar-refractivity contribution in [2.45, 2.75) is 12.8 Å². The molecule has 72 valence electrons. The van der Waals surface area contributed by atoms with Gasteiger partial charge in [-0.3, -0.25) is 4.55 Å². The van der Waals surface area contributed by atoms with Gasteiger partial charge in [0.15, 0.2) is 0 Å². The summed E-state index contributed by atoms with van der Waals surface area (Å²) in [7, 11) is -3.80. The molecule has 0 aliphatic carbocycles. The molecule has 0 amide bonds. The van der Waals surface area contributed by atoms with E-state index in [-0.39, 0.29) is 5.75 Å². The van der Waals surface area contributed by atoms with Crippen LogP contribution in [0.1, 0.15) is 12.8 Å². The maximum Gasteiger partial charge on any atom is 0.264 e. The first-order chi connectivity index (χ1) is 5.56. The van der Waals surface area contributed by atoms with Crippen LogP contribution in [0.4, 0.5) is 0 Å². The molecule has 1 N–H and O–H groups in total. The third kappa shape index (κ3) is 9.93. The van der Waals surface area contributed by atoms with Crippen LogP contribution in [0.15, 0.2) is 0 Å². The third-order valence-corrected chi connectivity index (χ3v) is 2.98. The summed E-state index contributed by atoms with van der Waals surface area (Å²) in [5, 5.41) is 0. The normalized spacial score (nSPS) is 11.4. The van der Waals surface area contributed by atoms with E-state index in [1.165, 1.54) is 11.8 Å². The maximum atomic E-state index is 10.2. The molecule has 0 aromatic heterocycles. The van der Waals surface area contributed by atoms with Crippen molar-refractivity contribution in [3.63, 3.8) is 0 Å². The highest BCUT2D eigenvalue weighted by Gasteiger charge is 2.02. The van der Waals surface area contributed by atoms with Gasteiger partial charge in [0.1, 0.15) is 6.29 Å². The molecule has 0 bridgehead atoms. The fourth-order valence-electron chi connectivity index (χ4n) is 0.577. The highest BCUT2D eigenvalue weighted by atomic mass is 32.2. The number of aldehydes is 1. The monoisotopic (exact) mass is 212 g/mol. The van der Waals surface area contributed by atoms with Crippen molar-refractivity contribution >= 4 is 28.2 Å². The van der Waals surface area contributed by atoms with E-state index in [2.05, 4.69) is 0 Å². The third-order valence-electron chi connectivity index (χ3n) is 1.07. The number of carbonyl (C=O) groups excluding carboxylic acids is 1. The van der Waals surface area contributed by atoms with Gasteiger partial charge in [-0.25, -0.2) is 0 Å². The summed E-state index contributed by atoms with van der Waals surface area (Å²) in [5.74, 6) is 1.18. The minimum Gasteiger partial charge on any atom is -0.303 e. The van der Waals surface area contributed by atoms with Gasteiger partial charge in [0, 0.05) is 6.42 Å². The molecule has 6 heteroatoms. The molecule has 0 fully saturated rings. The number of hydrogen-bond acceptors (Lipinski definition) is 4. The van der Waals surface area contributed by atoms with E-state index in [0.717, 1.165) is 12.0 Å². The van der Waals surface area contributed by atoms with Crippen LogP contribution in [0, 0.1) is 0 Å². The second-order valence-corrected chi connectivity index (χ2v) is 5.00. The minimum atomic E-state index is -3.80. The number of hydrogen-bond donors (Lipinski definition) is 1. The topological polar surface area (TPSA) is 71.4 Å². The van der Waals surface area contributed by atoms with Crippen molar-refractivity contribution in [1.82, 2.24) is 0 Å². The Bertz CT molecular complexity index is 210. The SMILES string of the molecule is O=CCCSCCCS(=O)(=O)O. The molecular formula is C6H12O4S2. The molecule has 0 spiro atoms. The Morgan fingerprint density at radius 3 is 2.50 bits per heavy atom. The second kappa shape index (κ2) is 6.45. The lowest BCUT2D eigenvalue weighted by Gasteiger charge is -1.96. The summed E-state index contributed by atoms with van der Waals surface area (Å²) in [4.78, 5) is 9.85. The van der Waals surface area contributed by atoms with Crippen LogP contribution in [0.3, 0.4) is 0 Å². The molecule has 0 aliphatic rings. The second-order valence-electron chi connectivity index (χ2n) is 2.21. The first-order valence-electron chi connectivity index (χ1n) is 3.53. The van der Waals surface area contributed by atoms with Crippen molar-refractivity contribution in [3.8, 4) is 0 Å². The summed E-state index contributed by atoms with van der Waals surface area (Å²) in [5.41, 5.74) is 0. The van der Waals surface area contributed by atoms with E-state index in [0.29, 0.717) is 18.6 Å². The Kier molecular flexibility index (Phi) is 6.41. The van der Waals surface area contributed by atoms with E-state index in [9.17, 15) is 13.2 Å². The lowest BCUT2D eigenvalue weighted by atomic mass is 10.6. The summed E-state index contributed by atoms with van der Waals surface area (Å²) < 4.78 is 28.7. The van der Waals surface area contributed by atoms with E-state index >= 15 is 0 Å². The van der Waals surface area contributed by atoms with E-state index in [1.807, 2.05) is 0 Å². The van der Waals surface area contributed by atoms with E-state index < -0.39 is 10.1 Å². The van der Waals surface area contributed by atoms with Crippen molar-refractivity contribution in [3.05, 3.63) is 0 Å². The Balaban J connectivity index is 3.17. The molecule has 0 aliphatic heterocycles. The van der Waals surface area contributed by atoms with Gasteiger partial charge in [-0.15, -0.1) is 0 Å². The van der Waals surface area contributed by atoms with Gasteiger partial charge in [0.25, 0.3) is 10.1 Å². The number of carbonyl (C=O) groups is 1. The largest absolute Gasteiger partial charge is 0.303 e. The number of thioether (sulfide) groups is 1. The first-order valence-corrected chi connectivity index (χ1v) is 6.29. The smallest absolute Gasteiger partial charge is 0.264 e. The predicted molar refractivity (Wildman–Crippen MR) is 49.0 cm³/mol. The summed E-state index contributed by atoms with van der Waals surface area (Å²) >= 11 is 1.51. The average Bonchev–Trinajstić information content (AvgIpc) is 1.94. The quantitative estimate of drug-likeness (QED) is 0.380. The van der Waals surface area contributed by atoms with E-state index in [4.69, 9.17) is 4.55 Å².